The van der Waals surface area contributed by atoms with Crippen LogP contribution in [0, 0.1) is 5.82 Å². The SMILES string of the molecule is C=C(C)c1c(N)ccc(F)c1B1OC(C)(C)C(C)(C)O1. The summed E-state index contributed by atoms with van der Waals surface area (Å²) in [5.74, 6) is -0.393. The standard InChI is InChI=1S/C15H21BFNO2/c1-9(2)12-11(18)8-7-10(17)13(12)16-19-14(3,4)15(5,6)20-16/h7-8H,1,18H2,2-6H3. The zero-order valence-corrected chi connectivity index (χ0v) is 12.7. The molecule has 0 amide bonds. The minimum atomic E-state index is -0.782. The Kier molecular flexibility index (Phi) is 3.47. The third kappa shape index (κ3) is 2.25. The molecule has 1 aromatic rings. The Labute approximate surface area is 120 Å². The quantitative estimate of drug-likeness (QED) is 0.667. The van der Waals surface area contributed by atoms with Crippen LogP contribution in [-0.4, -0.2) is 18.3 Å². The van der Waals surface area contributed by atoms with Gasteiger partial charge in [-0.05, 0) is 52.3 Å². The molecule has 1 aromatic carbocycles. The summed E-state index contributed by atoms with van der Waals surface area (Å²) in [7, 11) is -0.782. The third-order valence-corrected chi connectivity index (χ3v) is 4.14. The van der Waals surface area contributed by atoms with Crippen LogP contribution in [0.15, 0.2) is 18.7 Å². The lowest BCUT2D eigenvalue weighted by molar-refractivity contribution is 0.00578. The van der Waals surface area contributed by atoms with Crippen molar-refractivity contribution in [2.75, 3.05) is 5.73 Å². The van der Waals surface area contributed by atoms with Crippen molar-refractivity contribution in [2.45, 2.75) is 45.8 Å². The molecule has 2 N–H and O–H groups in total. The number of hydrogen-bond acceptors (Lipinski definition) is 3. The molecule has 0 bridgehead atoms. The molecule has 0 spiro atoms. The summed E-state index contributed by atoms with van der Waals surface area (Å²) >= 11 is 0. The second kappa shape index (κ2) is 4.60. The van der Waals surface area contributed by atoms with Crippen LogP contribution >= 0.6 is 0 Å². The van der Waals surface area contributed by atoms with Crippen molar-refractivity contribution in [1.29, 1.82) is 0 Å². The van der Waals surface area contributed by atoms with Gasteiger partial charge in [0.05, 0.1) is 11.2 Å². The maximum Gasteiger partial charge on any atom is 0.498 e. The van der Waals surface area contributed by atoms with Gasteiger partial charge in [-0.1, -0.05) is 6.58 Å². The molecule has 2 rings (SSSR count). The van der Waals surface area contributed by atoms with Crippen LogP contribution in [0.5, 0.6) is 0 Å². The molecule has 0 atom stereocenters. The van der Waals surface area contributed by atoms with Gasteiger partial charge in [0.15, 0.2) is 0 Å². The molecule has 0 radical (unpaired) electrons. The first-order valence-corrected chi connectivity index (χ1v) is 6.66. The summed E-state index contributed by atoms with van der Waals surface area (Å²) in [6.45, 7) is 13.4. The molecule has 108 valence electrons. The molecule has 1 fully saturated rings. The predicted molar refractivity (Wildman–Crippen MR) is 81.2 cm³/mol. The number of benzene rings is 1. The highest BCUT2D eigenvalue weighted by Gasteiger charge is 2.53. The van der Waals surface area contributed by atoms with E-state index in [4.69, 9.17) is 15.0 Å². The Bertz CT molecular complexity index is 553. The van der Waals surface area contributed by atoms with E-state index in [0.717, 1.165) is 0 Å². The van der Waals surface area contributed by atoms with E-state index >= 15 is 0 Å². The van der Waals surface area contributed by atoms with Gasteiger partial charge in [0, 0.05) is 16.7 Å². The van der Waals surface area contributed by atoms with Crippen LogP contribution in [0.4, 0.5) is 10.1 Å². The molecular formula is C15H21BFNO2. The fraction of sp³-hybridized carbons (Fsp3) is 0.467. The van der Waals surface area contributed by atoms with Gasteiger partial charge in [0.2, 0.25) is 0 Å². The second-order valence-corrected chi connectivity index (χ2v) is 6.29. The van der Waals surface area contributed by atoms with Crippen molar-refractivity contribution < 1.29 is 13.7 Å². The van der Waals surface area contributed by atoms with Gasteiger partial charge in [0.25, 0.3) is 0 Å². The van der Waals surface area contributed by atoms with E-state index in [-0.39, 0.29) is 0 Å². The van der Waals surface area contributed by atoms with E-state index in [1.54, 1.807) is 6.92 Å². The summed E-state index contributed by atoms with van der Waals surface area (Å²) in [4.78, 5) is 0. The van der Waals surface area contributed by atoms with E-state index in [9.17, 15) is 4.39 Å². The Balaban J connectivity index is 2.55. The van der Waals surface area contributed by atoms with Gasteiger partial charge in [-0.25, -0.2) is 4.39 Å². The van der Waals surface area contributed by atoms with Gasteiger partial charge in [-0.2, -0.15) is 0 Å². The van der Waals surface area contributed by atoms with Gasteiger partial charge in [0.1, 0.15) is 5.82 Å². The van der Waals surface area contributed by atoms with E-state index < -0.39 is 24.1 Å². The van der Waals surface area contributed by atoms with Gasteiger partial charge >= 0.3 is 7.12 Å². The minimum absolute atomic E-state index is 0.330. The molecule has 20 heavy (non-hydrogen) atoms. The lowest BCUT2D eigenvalue weighted by Gasteiger charge is -2.32. The highest BCUT2D eigenvalue weighted by atomic mass is 19.1. The zero-order valence-electron chi connectivity index (χ0n) is 12.7. The monoisotopic (exact) mass is 277 g/mol. The maximum atomic E-state index is 14.3. The van der Waals surface area contributed by atoms with Crippen molar-refractivity contribution in [1.82, 2.24) is 0 Å². The highest BCUT2D eigenvalue weighted by Crippen LogP contribution is 2.37. The van der Waals surface area contributed by atoms with E-state index in [2.05, 4.69) is 6.58 Å². The lowest BCUT2D eigenvalue weighted by atomic mass is 9.73. The van der Waals surface area contributed by atoms with Crippen LogP contribution in [-0.2, 0) is 9.31 Å². The Morgan fingerprint density at radius 3 is 2.15 bits per heavy atom. The molecule has 1 heterocycles. The smallest absolute Gasteiger partial charge is 0.399 e. The van der Waals surface area contributed by atoms with Crippen molar-refractivity contribution >= 4 is 23.8 Å². The van der Waals surface area contributed by atoms with Crippen molar-refractivity contribution in [3.8, 4) is 0 Å². The largest absolute Gasteiger partial charge is 0.498 e. The molecule has 5 heteroatoms. The van der Waals surface area contributed by atoms with E-state index in [1.165, 1.54) is 12.1 Å². The van der Waals surface area contributed by atoms with Gasteiger partial charge < -0.3 is 15.0 Å². The summed E-state index contributed by atoms with van der Waals surface area (Å²) in [6, 6.07) is 2.87. The molecule has 0 saturated carbocycles. The molecular weight excluding hydrogens is 256 g/mol. The number of nitrogen functional groups attached to an aromatic ring is 1. The molecule has 0 unspecified atom stereocenters. The summed E-state index contributed by atoms with van der Waals surface area (Å²) < 4.78 is 26.1. The van der Waals surface area contributed by atoms with E-state index in [1.807, 2.05) is 27.7 Å². The first-order valence-electron chi connectivity index (χ1n) is 6.66. The Hall–Kier alpha value is -1.33. The molecule has 0 aromatic heterocycles. The van der Waals surface area contributed by atoms with Crippen LogP contribution in [0.3, 0.4) is 0 Å². The summed E-state index contributed by atoms with van der Waals surface area (Å²) in [5.41, 5.74) is 6.97. The lowest BCUT2D eigenvalue weighted by Crippen LogP contribution is -2.41. The van der Waals surface area contributed by atoms with Crippen molar-refractivity contribution in [3.05, 3.63) is 30.1 Å². The minimum Gasteiger partial charge on any atom is -0.399 e. The molecule has 1 saturated heterocycles. The number of allylic oxidation sites excluding steroid dienone is 1. The second-order valence-electron chi connectivity index (χ2n) is 6.29. The normalized spacial score (nSPS) is 20.2. The Morgan fingerprint density at radius 1 is 1.20 bits per heavy atom. The van der Waals surface area contributed by atoms with Crippen LogP contribution in [0.25, 0.3) is 5.57 Å². The van der Waals surface area contributed by atoms with Crippen LogP contribution in [0.2, 0.25) is 0 Å². The first kappa shape index (κ1) is 15.1. The maximum absolute atomic E-state index is 14.3. The van der Waals surface area contributed by atoms with Crippen molar-refractivity contribution in [2.24, 2.45) is 0 Å². The number of hydrogen-bond donors (Lipinski definition) is 1. The van der Waals surface area contributed by atoms with Gasteiger partial charge in [-0.3, -0.25) is 0 Å². The van der Waals surface area contributed by atoms with Gasteiger partial charge in [-0.15, -0.1) is 0 Å². The number of anilines is 1. The summed E-state index contributed by atoms with van der Waals surface area (Å²) in [5, 5.41) is 0. The van der Waals surface area contributed by atoms with E-state index in [0.29, 0.717) is 22.3 Å². The topological polar surface area (TPSA) is 44.5 Å². The van der Waals surface area contributed by atoms with Crippen LogP contribution in [0.1, 0.15) is 40.2 Å². The molecule has 0 aliphatic carbocycles. The predicted octanol–water partition coefficient (Wildman–Crippen LogP) is 2.74. The van der Waals surface area contributed by atoms with Crippen molar-refractivity contribution in [3.63, 3.8) is 0 Å². The number of rotatable bonds is 2. The summed E-state index contributed by atoms with van der Waals surface area (Å²) in [6.07, 6.45) is 0. The first-order chi connectivity index (χ1) is 9.07. The molecule has 1 aliphatic rings. The highest BCUT2D eigenvalue weighted by molar-refractivity contribution is 6.63. The fourth-order valence-electron chi connectivity index (χ4n) is 2.28. The zero-order chi connectivity index (χ0) is 15.3. The Morgan fingerprint density at radius 2 is 1.70 bits per heavy atom. The average molecular weight is 277 g/mol. The third-order valence-electron chi connectivity index (χ3n) is 4.14. The molecule has 1 aliphatic heterocycles. The van der Waals surface area contributed by atoms with Crippen LogP contribution < -0.4 is 11.2 Å². The number of nitrogens with two attached hydrogens (primary N) is 1. The molecule has 3 nitrogen and oxygen atoms in total. The fourth-order valence-corrected chi connectivity index (χ4v) is 2.28. The average Bonchev–Trinajstić information content (AvgIpc) is 2.50. The number of halogens is 1.